The minimum atomic E-state index is -0.790. The van der Waals surface area contributed by atoms with Crippen molar-refractivity contribution in [1.29, 1.82) is 0 Å². The van der Waals surface area contributed by atoms with Crippen LogP contribution in [0.4, 0.5) is 0 Å². The Balaban J connectivity index is 1.69. The number of H-pyrrole nitrogens is 1. The number of benzene rings is 1. The van der Waals surface area contributed by atoms with Crippen LogP contribution in [0.3, 0.4) is 0 Å². The van der Waals surface area contributed by atoms with Crippen molar-refractivity contribution in [2.45, 2.75) is 25.7 Å². The van der Waals surface area contributed by atoms with E-state index in [1.165, 1.54) is 0 Å². The van der Waals surface area contributed by atoms with Gasteiger partial charge in [0.05, 0.1) is 10.7 Å². The van der Waals surface area contributed by atoms with E-state index in [4.69, 9.17) is 16.7 Å². The molecule has 3 rings (SSSR count). The molecular weight excluding hydrogens is 342 g/mol. The number of amides is 1. The van der Waals surface area contributed by atoms with E-state index in [9.17, 15) is 9.59 Å². The Morgan fingerprint density at radius 3 is 2.92 bits per heavy atom. The molecule has 1 aromatic carbocycles. The SMILES string of the molecule is O=C(O)CCC1CCCN(C(=O)c2cc(-c3ccccc3Cl)n[nH]2)C1. The molecule has 1 aliphatic heterocycles. The summed E-state index contributed by atoms with van der Waals surface area (Å²) in [7, 11) is 0. The predicted octanol–water partition coefficient (Wildman–Crippen LogP) is 3.45. The van der Waals surface area contributed by atoms with Gasteiger partial charge in [-0.15, -0.1) is 0 Å². The maximum Gasteiger partial charge on any atom is 0.303 e. The minimum Gasteiger partial charge on any atom is -0.481 e. The van der Waals surface area contributed by atoms with Crippen molar-refractivity contribution >= 4 is 23.5 Å². The van der Waals surface area contributed by atoms with Crippen molar-refractivity contribution in [1.82, 2.24) is 15.1 Å². The van der Waals surface area contributed by atoms with Gasteiger partial charge in [0.25, 0.3) is 5.91 Å². The molecular formula is C18H20ClN3O3. The van der Waals surface area contributed by atoms with Crippen molar-refractivity contribution in [2.75, 3.05) is 13.1 Å². The molecule has 6 nitrogen and oxygen atoms in total. The summed E-state index contributed by atoms with van der Waals surface area (Å²) in [5.74, 6) is -0.660. The number of piperidine rings is 1. The predicted molar refractivity (Wildman–Crippen MR) is 94.5 cm³/mol. The van der Waals surface area contributed by atoms with Gasteiger partial charge in [0.1, 0.15) is 5.69 Å². The zero-order valence-electron chi connectivity index (χ0n) is 13.7. The molecule has 0 saturated carbocycles. The first-order chi connectivity index (χ1) is 12.0. The molecule has 1 aromatic heterocycles. The third-order valence-electron chi connectivity index (χ3n) is 4.53. The lowest BCUT2D eigenvalue weighted by atomic mass is 9.93. The molecule has 2 heterocycles. The third-order valence-corrected chi connectivity index (χ3v) is 4.86. The Labute approximate surface area is 150 Å². The monoisotopic (exact) mass is 361 g/mol. The van der Waals surface area contributed by atoms with Crippen LogP contribution in [-0.2, 0) is 4.79 Å². The molecule has 0 radical (unpaired) electrons. The van der Waals surface area contributed by atoms with Gasteiger partial charge in [-0.3, -0.25) is 14.7 Å². The topological polar surface area (TPSA) is 86.3 Å². The summed E-state index contributed by atoms with van der Waals surface area (Å²) in [4.78, 5) is 25.2. The second kappa shape index (κ2) is 7.70. The fourth-order valence-corrected chi connectivity index (χ4v) is 3.45. The van der Waals surface area contributed by atoms with Gasteiger partial charge in [0.2, 0.25) is 0 Å². The Bertz CT molecular complexity index is 774. The normalized spacial score (nSPS) is 17.5. The molecule has 1 aliphatic rings. The first-order valence-corrected chi connectivity index (χ1v) is 8.74. The molecule has 0 aliphatic carbocycles. The molecule has 1 amide bonds. The van der Waals surface area contributed by atoms with E-state index < -0.39 is 5.97 Å². The number of carbonyl (C=O) groups excluding carboxylic acids is 1. The zero-order valence-corrected chi connectivity index (χ0v) is 14.5. The summed E-state index contributed by atoms with van der Waals surface area (Å²) in [6.07, 6.45) is 2.60. The lowest BCUT2D eigenvalue weighted by Gasteiger charge is -2.32. The van der Waals surface area contributed by atoms with Gasteiger partial charge < -0.3 is 10.0 Å². The second-order valence-electron chi connectivity index (χ2n) is 6.34. The average Bonchev–Trinajstić information content (AvgIpc) is 3.10. The van der Waals surface area contributed by atoms with Crippen LogP contribution in [0.15, 0.2) is 30.3 Å². The molecule has 1 fully saturated rings. The molecule has 132 valence electrons. The van der Waals surface area contributed by atoms with Gasteiger partial charge in [-0.2, -0.15) is 5.10 Å². The molecule has 1 atom stereocenters. The van der Waals surface area contributed by atoms with Crippen LogP contribution in [0.2, 0.25) is 5.02 Å². The van der Waals surface area contributed by atoms with Crippen LogP contribution in [0, 0.1) is 5.92 Å². The highest BCUT2D eigenvalue weighted by Gasteiger charge is 2.26. The fourth-order valence-electron chi connectivity index (χ4n) is 3.22. The van der Waals surface area contributed by atoms with Gasteiger partial charge in [0, 0.05) is 25.1 Å². The molecule has 1 unspecified atom stereocenters. The Morgan fingerprint density at radius 1 is 1.36 bits per heavy atom. The van der Waals surface area contributed by atoms with Gasteiger partial charge in [-0.1, -0.05) is 29.8 Å². The maximum absolute atomic E-state index is 12.7. The number of carboxylic acid groups (broad SMARTS) is 1. The van der Waals surface area contributed by atoms with Crippen molar-refractivity contribution in [3.8, 4) is 11.3 Å². The number of carbonyl (C=O) groups is 2. The minimum absolute atomic E-state index is 0.106. The number of hydrogen-bond acceptors (Lipinski definition) is 3. The molecule has 2 aromatic rings. The highest BCUT2D eigenvalue weighted by atomic mass is 35.5. The standard InChI is InChI=1S/C18H20ClN3O3/c19-14-6-2-1-5-13(14)15-10-16(21-20-15)18(25)22-9-3-4-12(11-22)7-8-17(23)24/h1-2,5-6,10,12H,3-4,7-9,11H2,(H,20,21)(H,23,24). The van der Waals surface area contributed by atoms with Crippen LogP contribution in [0.5, 0.6) is 0 Å². The van der Waals surface area contributed by atoms with E-state index in [-0.39, 0.29) is 18.2 Å². The van der Waals surface area contributed by atoms with Crippen molar-refractivity contribution < 1.29 is 14.7 Å². The van der Waals surface area contributed by atoms with Gasteiger partial charge >= 0.3 is 5.97 Å². The number of carboxylic acids is 1. The molecule has 0 bridgehead atoms. The summed E-state index contributed by atoms with van der Waals surface area (Å²) in [5, 5.41) is 16.4. The molecule has 2 N–H and O–H groups in total. The lowest BCUT2D eigenvalue weighted by molar-refractivity contribution is -0.137. The quantitative estimate of drug-likeness (QED) is 0.854. The fraction of sp³-hybridized carbons (Fsp3) is 0.389. The zero-order chi connectivity index (χ0) is 17.8. The lowest BCUT2D eigenvalue weighted by Crippen LogP contribution is -2.40. The third kappa shape index (κ3) is 4.20. The number of aromatic nitrogens is 2. The maximum atomic E-state index is 12.7. The van der Waals surface area contributed by atoms with E-state index in [1.807, 2.05) is 18.2 Å². The summed E-state index contributed by atoms with van der Waals surface area (Å²) < 4.78 is 0. The Hall–Kier alpha value is -2.34. The number of halogens is 1. The van der Waals surface area contributed by atoms with E-state index >= 15 is 0 Å². The molecule has 1 saturated heterocycles. The van der Waals surface area contributed by atoms with Gasteiger partial charge in [-0.05, 0) is 37.3 Å². The number of nitrogens with one attached hydrogen (secondary N) is 1. The smallest absolute Gasteiger partial charge is 0.303 e. The van der Waals surface area contributed by atoms with Crippen LogP contribution in [0.25, 0.3) is 11.3 Å². The van der Waals surface area contributed by atoms with E-state index in [0.29, 0.717) is 35.9 Å². The largest absolute Gasteiger partial charge is 0.481 e. The number of rotatable bonds is 5. The highest BCUT2D eigenvalue weighted by molar-refractivity contribution is 6.33. The first kappa shape index (κ1) is 17.5. The Morgan fingerprint density at radius 2 is 2.16 bits per heavy atom. The number of hydrogen-bond donors (Lipinski definition) is 2. The number of aliphatic carboxylic acids is 1. The number of nitrogens with zero attached hydrogens (tertiary/aromatic N) is 2. The van der Waals surface area contributed by atoms with Crippen LogP contribution in [-0.4, -0.2) is 45.2 Å². The summed E-state index contributed by atoms with van der Waals surface area (Å²) in [6.45, 7) is 1.27. The van der Waals surface area contributed by atoms with Crippen molar-refractivity contribution in [3.05, 3.63) is 41.0 Å². The number of likely N-dealkylation sites (tertiary alicyclic amines) is 1. The average molecular weight is 362 g/mol. The van der Waals surface area contributed by atoms with Gasteiger partial charge in [0.15, 0.2) is 0 Å². The molecule has 25 heavy (non-hydrogen) atoms. The van der Waals surface area contributed by atoms with Crippen molar-refractivity contribution in [2.24, 2.45) is 5.92 Å². The van der Waals surface area contributed by atoms with Crippen LogP contribution >= 0.6 is 11.6 Å². The van der Waals surface area contributed by atoms with E-state index in [2.05, 4.69) is 10.2 Å². The van der Waals surface area contributed by atoms with Crippen molar-refractivity contribution in [3.63, 3.8) is 0 Å². The van der Waals surface area contributed by atoms with Crippen LogP contribution < -0.4 is 0 Å². The Kier molecular flexibility index (Phi) is 5.38. The second-order valence-corrected chi connectivity index (χ2v) is 6.75. The summed E-state index contributed by atoms with van der Waals surface area (Å²) >= 11 is 6.18. The molecule has 0 spiro atoms. The summed E-state index contributed by atoms with van der Waals surface area (Å²) in [6, 6.07) is 9.06. The highest BCUT2D eigenvalue weighted by Crippen LogP contribution is 2.27. The van der Waals surface area contributed by atoms with E-state index in [0.717, 1.165) is 18.4 Å². The first-order valence-electron chi connectivity index (χ1n) is 8.36. The molecule has 7 heteroatoms. The van der Waals surface area contributed by atoms with E-state index in [1.54, 1.807) is 17.0 Å². The number of aromatic amines is 1. The van der Waals surface area contributed by atoms with Gasteiger partial charge in [-0.25, -0.2) is 0 Å². The summed E-state index contributed by atoms with van der Waals surface area (Å²) in [5.41, 5.74) is 1.83. The van der Waals surface area contributed by atoms with Crippen LogP contribution in [0.1, 0.15) is 36.2 Å².